The molecule has 0 heterocycles. The first-order chi connectivity index (χ1) is 11.0. The number of nitrogen functional groups attached to an aromatic ring is 1. The quantitative estimate of drug-likeness (QED) is 0.649. The Balaban J connectivity index is 2.53. The van der Waals surface area contributed by atoms with Crippen LogP contribution < -0.4 is 5.73 Å². The van der Waals surface area contributed by atoms with Crippen LogP contribution in [0.1, 0.15) is 34.7 Å². The molecule has 0 saturated heterocycles. The van der Waals surface area contributed by atoms with Crippen LogP contribution in [0.2, 0.25) is 0 Å². The van der Waals surface area contributed by atoms with Crippen molar-refractivity contribution in [3.05, 3.63) is 71.3 Å². The van der Waals surface area contributed by atoms with Crippen molar-refractivity contribution in [2.45, 2.75) is 30.6 Å². The van der Waals surface area contributed by atoms with Gasteiger partial charge in [-0.2, -0.15) is 0 Å². The summed E-state index contributed by atoms with van der Waals surface area (Å²) < 4.78 is 0. The average Bonchev–Trinajstić information content (AvgIpc) is 2.54. The second kappa shape index (κ2) is 7.38. The summed E-state index contributed by atoms with van der Waals surface area (Å²) in [5, 5.41) is 0. The molecule has 118 valence electrons. The number of rotatable bonds is 5. The predicted molar refractivity (Wildman–Crippen MR) is 106 cm³/mol. The molecule has 0 bridgehead atoms. The third kappa shape index (κ3) is 3.43. The van der Waals surface area contributed by atoms with Crippen LogP contribution >= 0.6 is 11.8 Å². The number of aryl methyl sites for hydroxylation is 1. The molecule has 0 atom stereocenters. The molecule has 0 radical (unpaired) electrons. The Kier molecular flexibility index (Phi) is 5.51. The van der Waals surface area contributed by atoms with Crippen molar-refractivity contribution < 1.29 is 0 Å². The van der Waals surface area contributed by atoms with Crippen LogP contribution in [0.4, 0.5) is 5.69 Å². The van der Waals surface area contributed by atoms with Crippen LogP contribution in [0.15, 0.2) is 53.3 Å². The van der Waals surface area contributed by atoms with E-state index in [9.17, 15) is 0 Å². The van der Waals surface area contributed by atoms with Gasteiger partial charge < -0.3 is 5.73 Å². The maximum atomic E-state index is 6.38. The lowest BCUT2D eigenvalue weighted by atomic mass is 10.00. The Morgan fingerprint density at radius 3 is 2.35 bits per heavy atom. The lowest BCUT2D eigenvalue weighted by Crippen LogP contribution is -1.98. The van der Waals surface area contributed by atoms with Gasteiger partial charge in [0.05, 0.1) is 5.69 Å². The zero-order valence-corrected chi connectivity index (χ0v) is 14.8. The Labute approximate surface area is 143 Å². The Morgan fingerprint density at radius 1 is 1.04 bits per heavy atom. The van der Waals surface area contributed by atoms with Crippen molar-refractivity contribution in [1.82, 2.24) is 0 Å². The second-order valence-corrected chi connectivity index (χ2v) is 6.50. The molecule has 0 aliphatic carbocycles. The zero-order valence-electron chi connectivity index (χ0n) is 14.0. The molecule has 2 heteroatoms. The van der Waals surface area contributed by atoms with E-state index in [2.05, 4.69) is 63.4 Å². The van der Waals surface area contributed by atoms with Crippen LogP contribution in [0, 0.1) is 13.8 Å². The highest BCUT2D eigenvalue weighted by molar-refractivity contribution is 7.99. The first-order valence-electron chi connectivity index (χ1n) is 7.61. The second-order valence-electron chi connectivity index (χ2n) is 5.41. The van der Waals surface area contributed by atoms with E-state index in [1.54, 1.807) is 11.8 Å². The first kappa shape index (κ1) is 17.2. The molecule has 0 aliphatic rings. The summed E-state index contributed by atoms with van der Waals surface area (Å²) in [7, 11) is 0. The molecular formula is C21H23NS. The molecule has 0 fully saturated rings. The molecule has 23 heavy (non-hydrogen) atoms. The number of hydrogen-bond donors (Lipinski definition) is 1. The van der Waals surface area contributed by atoms with Gasteiger partial charge in [0.25, 0.3) is 0 Å². The molecule has 0 spiro atoms. The molecule has 0 amide bonds. The SMILES string of the molecule is C=Cc1c(C)cc(Sc2cccc(/C=C\C)c2C)c(N)c1C=C. The minimum atomic E-state index is 0.765. The van der Waals surface area contributed by atoms with E-state index in [0.717, 1.165) is 27.3 Å². The van der Waals surface area contributed by atoms with Gasteiger partial charge >= 0.3 is 0 Å². The van der Waals surface area contributed by atoms with E-state index in [1.807, 2.05) is 19.1 Å². The van der Waals surface area contributed by atoms with Crippen LogP contribution in [-0.2, 0) is 0 Å². The number of hydrogen-bond acceptors (Lipinski definition) is 2. The van der Waals surface area contributed by atoms with Crippen LogP contribution in [0.25, 0.3) is 18.2 Å². The first-order valence-corrected chi connectivity index (χ1v) is 8.43. The molecule has 0 saturated carbocycles. The summed E-state index contributed by atoms with van der Waals surface area (Å²) in [6.45, 7) is 14.0. The van der Waals surface area contributed by atoms with E-state index in [1.165, 1.54) is 16.0 Å². The molecule has 0 unspecified atom stereocenters. The summed E-state index contributed by atoms with van der Waals surface area (Å²) in [5.74, 6) is 0. The van der Waals surface area contributed by atoms with Gasteiger partial charge in [-0.3, -0.25) is 0 Å². The van der Waals surface area contributed by atoms with Gasteiger partial charge in [0.2, 0.25) is 0 Å². The molecule has 2 rings (SSSR count). The smallest absolute Gasteiger partial charge is 0.0535 e. The summed E-state index contributed by atoms with van der Waals surface area (Å²) in [5.41, 5.74) is 12.8. The molecule has 2 aromatic rings. The van der Waals surface area contributed by atoms with Crippen molar-refractivity contribution in [2.24, 2.45) is 0 Å². The van der Waals surface area contributed by atoms with E-state index in [-0.39, 0.29) is 0 Å². The summed E-state index contributed by atoms with van der Waals surface area (Å²) in [6, 6.07) is 8.48. The molecule has 1 nitrogen and oxygen atoms in total. The molecule has 2 aromatic carbocycles. The molecular weight excluding hydrogens is 298 g/mol. The van der Waals surface area contributed by atoms with Gasteiger partial charge in [0, 0.05) is 15.4 Å². The number of nitrogens with two attached hydrogens (primary N) is 1. The highest BCUT2D eigenvalue weighted by Gasteiger charge is 2.12. The van der Waals surface area contributed by atoms with Crippen molar-refractivity contribution >= 4 is 35.7 Å². The topological polar surface area (TPSA) is 26.0 Å². The van der Waals surface area contributed by atoms with Gasteiger partial charge in [0.1, 0.15) is 0 Å². The lowest BCUT2D eigenvalue weighted by molar-refractivity contribution is 1.27. The third-order valence-electron chi connectivity index (χ3n) is 3.92. The maximum Gasteiger partial charge on any atom is 0.0535 e. The summed E-state index contributed by atoms with van der Waals surface area (Å²) >= 11 is 1.70. The Morgan fingerprint density at radius 2 is 1.74 bits per heavy atom. The van der Waals surface area contributed by atoms with Crippen LogP contribution in [0.5, 0.6) is 0 Å². The Hall–Kier alpha value is -2.19. The average molecular weight is 321 g/mol. The van der Waals surface area contributed by atoms with E-state index in [0.29, 0.717) is 0 Å². The number of benzene rings is 2. The van der Waals surface area contributed by atoms with Gasteiger partial charge in [0.15, 0.2) is 0 Å². The van der Waals surface area contributed by atoms with Gasteiger partial charge in [-0.25, -0.2) is 0 Å². The van der Waals surface area contributed by atoms with Gasteiger partial charge in [-0.15, -0.1) is 0 Å². The van der Waals surface area contributed by atoms with E-state index >= 15 is 0 Å². The maximum absolute atomic E-state index is 6.38. The lowest BCUT2D eigenvalue weighted by Gasteiger charge is -2.15. The summed E-state index contributed by atoms with van der Waals surface area (Å²) in [6.07, 6.45) is 7.84. The normalized spacial score (nSPS) is 10.9. The fourth-order valence-electron chi connectivity index (χ4n) is 2.64. The fourth-order valence-corrected chi connectivity index (χ4v) is 3.75. The fraction of sp³-hybridized carbons (Fsp3) is 0.143. The minimum absolute atomic E-state index is 0.765. The van der Waals surface area contributed by atoms with Gasteiger partial charge in [-0.05, 0) is 55.2 Å². The largest absolute Gasteiger partial charge is 0.397 e. The predicted octanol–water partition coefficient (Wildman–Crippen LogP) is 6.36. The van der Waals surface area contributed by atoms with Crippen molar-refractivity contribution in [2.75, 3.05) is 5.73 Å². The molecule has 2 N–H and O–H groups in total. The van der Waals surface area contributed by atoms with Crippen molar-refractivity contribution in [3.8, 4) is 0 Å². The number of allylic oxidation sites excluding steroid dienone is 1. The molecule has 0 aromatic heterocycles. The van der Waals surface area contributed by atoms with E-state index < -0.39 is 0 Å². The minimum Gasteiger partial charge on any atom is -0.397 e. The van der Waals surface area contributed by atoms with Crippen LogP contribution in [0.3, 0.4) is 0 Å². The summed E-state index contributed by atoms with van der Waals surface area (Å²) in [4.78, 5) is 2.27. The standard InChI is InChI=1S/C21H23NS/c1-6-10-16-11-9-12-19(15(16)5)23-20-13-14(4)17(7-2)18(8-3)21(20)22/h6-13H,2-3,22H2,1,4-5H3/b10-6-. The highest BCUT2D eigenvalue weighted by Crippen LogP contribution is 2.39. The molecule has 0 aliphatic heterocycles. The monoisotopic (exact) mass is 321 g/mol. The van der Waals surface area contributed by atoms with Gasteiger partial charge in [-0.1, -0.05) is 61.4 Å². The zero-order chi connectivity index (χ0) is 17.0. The highest BCUT2D eigenvalue weighted by atomic mass is 32.2. The van der Waals surface area contributed by atoms with Crippen molar-refractivity contribution in [1.29, 1.82) is 0 Å². The van der Waals surface area contributed by atoms with E-state index in [4.69, 9.17) is 5.73 Å². The Bertz CT molecular complexity index is 785. The number of anilines is 1. The third-order valence-corrected chi connectivity index (χ3v) is 5.14. The van der Waals surface area contributed by atoms with Crippen LogP contribution in [-0.4, -0.2) is 0 Å². The van der Waals surface area contributed by atoms with Crippen molar-refractivity contribution in [3.63, 3.8) is 0 Å².